The van der Waals surface area contributed by atoms with Crippen molar-refractivity contribution in [2.75, 3.05) is 26.5 Å². The topological polar surface area (TPSA) is 39.7 Å². The summed E-state index contributed by atoms with van der Waals surface area (Å²) in [5, 5.41) is 3.49. The third kappa shape index (κ3) is 3.98. The highest BCUT2D eigenvalue weighted by Crippen LogP contribution is 2.36. The van der Waals surface area contributed by atoms with E-state index in [4.69, 9.17) is 14.2 Å². The summed E-state index contributed by atoms with van der Waals surface area (Å²) in [7, 11) is 0. The first-order chi connectivity index (χ1) is 14.8. The molecule has 3 aromatic rings. The number of rotatable bonds is 5. The summed E-state index contributed by atoms with van der Waals surface area (Å²) in [6.07, 6.45) is 1.07. The standard InChI is InChI=1S/C25H24FNO3/c26-21-7-5-18(6-8-21)17-1-3-19(4-2-17)23-11-12-27-14-20(23)15-28-22-9-10-24-25(13-22)30-16-29-24/h1-10,13,20,23,27H,11-12,14-16H2/t20-,23+/m1/s1. The Morgan fingerprint density at radius 3 is 2.43 bits per heavy atom. The lowest BCUT2D eigenvalue weighted by Gasteiger charge is -2.32. The third-order valence-corrected chi connectivity index (χ3v) is 5.93. The van der Waals surface area contributed by atoms with Gasteiger partial charge in [0.15, 0.2) is 11.5 Å². The van der Waals surface area contributed by atoms with Crippen molar-refractivity contribution in [3.05, 3.63) is 78.1 Å². The van der Waals surface area contributed by atoms with Crippen molar-refractivity contribution in [3.63, 3.8) is 0 Å². The van der Waals surface area contributed by atoms with Crippen molar-refractivity contribution in [2.24, 2.45) is 5.92 Å². The maximum atomic E-state index is 13.2. The normalized spacial score (nSPS) is 20.2. The van der Waals surface area contributed by atoms with Crippen molar-refractivity contribution in [3.8, 4) is 28.4 Å². The largest absolute Gasteiger partial charge is 0.493 e. The van der Waals surface area contributed by atoms with Crippen LogP contribution in [0, 0.1) is 11.7 Å². The third-order valence-electron chi connectivity index (χ3n) is 5.93. The van der Waals surface area contributed by atoms with Crippen LogP contribution in [-0.4, -0.2) is 26.5 Å². The van der Waals surface area contributed by atoms with Gasteiger partial charge < -0.3 is 19.5 Å². The summed E-state index contributed by atoms with van der Waals surface area (Å²) in [6, 6.07) is 21.0. The molecule has 4 nitrogen and oxygen atoms in total. The quantitative estimate of drug-likeness (QED) is 0.649. The van der Waals surface area contributed by atoms with E-state index in [-0.39, 0.29) is 12.6 Å². The monoisotopic (exact) mass is 405 g/mol. The second-order valence-corrected chi connectivity index (χ2v) is 7.81. The van der Waals surface area contributed by atoms with Gasteiger partial charge >= 0.3 is 0 Å². The summed E-state index contributed by atoms with van der Waals surface area (Å²) in [5.74, 6) is 2.90. The number of fused-ring (bicyclic) bond motifs is 1. The van der Waals surface area contributed by atoms with Gasteiger partial charge in [0, 0.05) is 18.5 Å². The van der Waals surface area contributed by atoms with Gasteiger partial charge in [-0.15, -0.1) is 0 Å². The van der Waals surface area contributed by atoms with E-state index in [2.05, 4.69) is 29.6 Å². The minimum atomic E-state index is -0.213. The van der Waals surface area contributed by atoms with Crippen LogP contribution in [0.15, 0.2) is 66.7 Å². The molecular formula is C25H24FNO3. The Kier molecular flexibility index (Phi) is 5.28. The number of benzene rings is 3. The smallest absolute Gasteiger partial charge is 0.231 e. The summed E-state index contributed by atoms with van der Waals surface area (Å²) in [4.78, 5) is 0. The zero-order valence-electron chi connectivity index (χ0n) is 16.6. The molecule has 2 aliphatic heterocycles. The van der Waals surface area contributed by atoms with Gasteiger partial charge in [-0.05, 0) is 59.8 Å². The van der Waals surface area contributed by atoms with E-state index < -0.39 is 0 Å². The molecular weight excluding hydrogens is 381 g/mol. The zero-order valence-corrected chi connectivity index (χ0v) is 16.6. The number of piperidine rings is 1. The Hall–Kier alpha value is -3.05. The number of nitrogens with one attached hydrogen (secondary N) is 1. The van der Waals surface area contributed by atoms with Crippen molar-refractivity contribution in [1.29, 1.82) is 0 Å². The number of ether oxygens (including phenoxy) is 3. The predicted octanol–water partition coefficient (Wildman–Crippen LogP) is 4.99. The minimum Gasteiger partial charge on any atom is -0.493 e. The number of halogens is 1. The van der Waals surface area contributed by atoms with Crippen molar-refractivity contribution in [2.45, 2.75) is 12.3 Å². The Labute approximate surface area is 175 Å². The SMILES string of the molecule is Fc1ccc(-c2ccc([C@@H]3CCNC[C@@H]3COc3ccc4c(c3)OCO4)cc2)cc1. The molecule has 2 heterocycles. The molecule has 0 radical (unpaired) electrons. The first kappa shape index (κ1) is 18.9. The van der Waals surface area contributed by atoms with Gasteiger partial charge in [0.05, 0.1) is 6.61 Å². The molecule has 0 spiro atoms. The molecule has 154 valence electrons. The summed E-state index contributed by atoms with van der Waals surface area (Å²) in [6.45, 7) is 2.83. The first-order valence-electron chi connectivity index (χ1n) is 10.4. The lowest BCUT2D eigenvalue weighted by Crippen LogP contribution is -2.38. The molecule has 30 heavy (non-hydrogen) atoms. The Morgan fingerprint density at radius 1 is 0.900 bits per heavy atom. The van der Waals surface area contributed by atoms with Crippen LogP contribution < -0.4 is 19.5 Å². The van der Waals surface area contributed by atoms with E-state index in [1.54, 1.807) is 0 Å². The highest BCUT2D eigenvalue weighted by Gasteiger charge is 2.27. The molecule has 2 atom stereocenters. The van der Waals surface area contributed by atoms with Crippen LogP contribution in [0.5, 0.6) is 17.2 Å². The molecule has 5 rings (SSSR count). The Morgan fingerprint density at radius 2 is 1.63 bits per heavy atom. The molecule has 0 unspecified atom stereocenters. The van der Waals surface area contributed by atoms with Gasteiger partial charge in [0.1, 0.15) is 11.6 Å². The zero-order chi connectivity index (χ0) is 20.3. The van der Waals surface area contributed by atoms with Crippen molar-refractivity contribution in [1.82, 2.24) is 5.32 Å². The van der Waals surface area contributed by atoms with Crippen LogP contribution in [0.3, 0.4) is 0 Å². The molecule has 5 heteroatoms. The molecule has 1 fully saturated rings. The lowest BCUT2D eigenvalue weighted by molar-refractivity contribution is 0.173. The van der Waals surface area contributed by atoms with E-state index >= 15 is 0 Å². The van der Waals surface area contributed by atoms with Crippen LogP contribution in [-0.2, 0) is 0 Å². The number of hydrogen-bond acceptors (Lipinski definition) is 4. The molecule has 0 aromatic heterocycles. The van der Waals surface area contributed by atoms with E-state index in [9.17, 15) is 4.39 Å². The van der Waals surface area contributed by atoms with Crippen LogP contribution >= 0.6 is 0 Å². The fraction of sp³-hybridized carbons (Fsp3) is 0.280. The first-order valence-corrected chi connectivity index (χ1v) is 10.4. The van der Waals surface area contributed by atoms with Gasteiger partial charge in [-0.2, -0.15) is 0 Å². The highest BCUT2D eigenvalue weighted by atomic mass is 19.1. The second kappa shape index (κ2) is 8.36. The predicted molar refractivity (Wildman–Crippen MR) is 114 cm³/mol. The van der Waals surface area contributed by atoms with Crippen molar-refractivity contribution < 1.29 is 18.6 Å². The molecule has 0 bridgehead atoms. The van der Waals surface area contributed by atoms with Crippen LogP contribution in [0.1, 0.15) is 17.9 Å². The van der Waals surface area contributed by atoms with E-state index in [1.165, 1.54) is 17.7 Å². The molecule has 1 saturated heterocycles. The average Bonchev–Trinajstić information content (AvgIpc) is 3.27. The molecule has 2 aliphatic rings. The summed E-state index contributed by atoms with van der Waals surface area (Å²) in [5.41, 5.74) is 3.44. The molecule has 0 aliphatic carbocycles. The van der Waals surface area contributed by atoms with E-state index in [0.717, 1.165) is 47.9 Å². The highest BCUT2D eigenvalue weighted by molar-refractivity contribution is 5.63. The molecule has 0 saturated carbocycles. The van der Waals surface area contributed by atoms with E-state index in [1.807, 2.05) is 30.3 Å². The van der Waals surface area contributed by atoms with Gasteiger partial charge in [-0.1, -0.05) is 36.4 Å². The Balaban J connectivity index is 1.28. The summed E-state index contributed by atoms with van der Waals surface area (Å²) < 4.78 is 30.1. The number of hydrogen-bond donors (Lipinski definition) is 1. The van der Waals surface area contributed by atoms with Gasteiger partial charge in [-0.3, -0.25) is 0 Å². The maximum absolute atomic E-state index is 13.2. The Bertz CT molecular complexity index is 1000. The fourth-order valence-electron chi connectivity index (χ4n) is 4.27. The molecule has 3 aromatic carbocycles. The average molecular weight is 405 g/mol. The van der Waals surface area contributed by atoms with Crippen LogP contribution in [0.25, 0.3) is 11.1 Å². The van der Waals surface area contributed by atoms with Crippen LogP contribution in [0.2, 0.25) is 0 Å². The summed E-state index contributed by atoms with van der Waals surface area (Å²) >= 11 is 0. The van der Waals surface area contributed by atoms with Gasteiger partial charge in [0.2, 0.25) is 6.79 Å². The fourth-order valence-corrected chi connectivity index (χ4v) is 4.27. The maximum Gasteiger partial charge on any atom is 0.231 e. The van der Waals surface area contributed by atoms with Crippen LogP contribution in [0.4, 0.5) is 4.39 Å². The van der Waals surface area contributed by atoms with E-state index in [0.29, 0.717) is 18.4 Å². The molecule has 0 amide bonds. The minimum absolute atomic E-state index is 0.213. The van der Waals surface area contributed by atoms with Gasteiger partial charge in [0.25, 0.3) is 0 Å². The molecule has 1 N–H and O–H groups in total. The lowest BCUT2D eigenvalue weighted by atomic mass is 9.81. The second-order valence-electron chi connectivity index (χ2n) is 7.81. The van der Waals surface area contributed by atoms with Crippen molar-refractivity contribution >= 4 is 0 Å². The van der Waals surface area contributed by atoms with Gasteiger partial charge in [-0.25, -0.2) is 4.39 Å².